The summed E-state index contributed by atoms with van der Waals surface area (Å²) in [4.78, 5) is 14.5. The second-order valence-electron chi connectivity index (χ2n) is 5.73. The molecule has 1 amide bonds. The molecule has 0 spiro atoms. The Morgan fingerprint density at radius 2 is 1.71 bits per heavy atom. The standard InChI is InChI=1S/C20H18FNO2/c1-15-4-6-16(7-5-15)13-22(14-19-3-2-12-24-19)20(23)17-8-10-18(21)11-9-17/h2-12H,13-14H2,1H3. The van der Waals surface area contributed by atoms with Crippen LogP contribution in [0.25, 0.3) is 0 Å². The number of aryl methyl sites for hydroxylation is 1. The van der Waals surface area contributed by atoms with Crippen molar-refractivity contribution in [3.05, 3.63) is 95.2 Å². The minimum atomic E-state index is -0.359. The molecule has 0 aliphatic rings. The highest BCUT2D eigenvalue weighted by Gasteiger charge is 2.18. The van der Waals surface area contributed by atoms with E-state index in [4.69, 9.17) is 4.42 Å². The monoisotopic (exact) mass is 323 g/mol. The molecule has 0 aliphatic carbocycles. The molecule has 1 heterocycles. The van der Waals surface area contributed by atoms with Crippen LogP contribution in [0.2, 0.25) is 0 Å². The minimum absolute atomic E-state index is 0.160. The first kappa shape index (κ1) is 16.0. The van der Waals surface area contributed by atoms with E-state index in [9.17, 15) is 9.18 Å². The van der Waals surface area contributed by atoms with Crippen LogP contribution in [0.5, 0.6) is 0 Å². The Kier molecular flexibility index (Phi) is 4.75. The highest BCUT2D eigenvalue weighted by molar-refractivity contribution is 5.94. The second-order valence-corrected chi connectivity index (χ2v) is 5.73. The van der Waals surface area contributed by atoms with Gasteiger partial charge in [0.1, 0.15) is 11.6 Å². The lowest BCUT2D eigenvalue weighted by molar-refractivity contribution is 0.0717. The maximum atomic E-state index is 13.1. The van der Waals surface area contributed by atoms with Gasteiger partial charge >= 0.3 is 0 Å². The molecule has 1 aromatic heterocycles. The fraction of sp³-hybridized carbons (Fsp3) is 0.150. The summed E-state index contributed by atoms with van der Waals surface area (Å²) in [7, 11) is 0. The summed E-state index contributed by atoms with van der Waals surface area (Å²) in [5.41, 5.74) is 2.65. The molecule has 0 radical (unpaired) electrons. The van der Waals surface area contributed by atoms with E-state index in [0.717, 1.165) is 5.56 Å². The average Bonchev–Trinajstić information content (AvgIpc) is 3.09. The quantitative estimate of drug-likeness (QED) is 0.689. The van der Waals surface area contributed by atoms with Gasteiger partial charge in [0.05, 0.1) is 12.8 Å². The number of benzene rings is 2. The van der Waals surface area contributed by atoms with E-state index >= 15 is 0 Å². The lowest BCUT2D eigenvalue weighted by atomic mass is 10.1. The van der Waals surface area contributed by atoms with Crippen molar-refractivity contribution in [1.82, 2.24) is 4.90 Å². The molecular weight excluding hydrogens is 305 g/mol. The molecule has 0 unspecified atom stereocenters. The van der Waals surface area contributed by atoms with Crippen LogP contribution < -0.4 is 0 Å². The molecule has 2 aromatic carbocycles. The van der Waals surface area contributed by atoms with E-state index in [0.29, 0.717) is 24.4 Å². The number of carbonyl (C=O) groups excluding carboxylic acids is 1. The number of halogens is 1. The molecule has 0 saturated carbocycles. The predicted molar refractivity (Wildman–Crippen MR) is 89.9 cm³/mol. The molecular formula is C20H18FNO2. The maximum absolute atomic E-state index is 13.1. The number of hydrogen-bond acceptors (Lipinski definition) is 2. The Morgan fingerprint density at radius 1 is 1.00 bits per heavy atom. The maximum Gasteiger partial charge on any atom is 0.254 e. The first-order valence-corrected chi connectivity index (χ1v) is 7.74. The topological polar surface area (TPSA) is 33.5 Å². The molecule has 0 aliphatic heterocycles. The van der Waals surface area contributed by atoms with Crippen LogP contribution in [0.1, 0.15) is 27.2 Å². The van der Waals surface area contributed by atoms with Crippen molar-refractivity contribution in [1.29, 1.82) is 0 Å². The molecule has 3 aromatic rings. The Balaban J connectivity index is 1.84. The fourth-order valence-corrected chi connectivity index (χ4v) is 2.48. The van der Waals surface area contributed by atoms with Crippen molar-refractivity contribution in [2.45, 2.75) is 20.0 Å². The first-order chi connectivity index (χ1) is 11.6. The molecule has 24 heavy (non-hydrogen) atoms. The molecule has 3 nitrogen and oxygen atoms in total. The van der Waals surface area contributed by atoms with Crippen molar-refractivity contribution in [3.8, 4) is 0 Å². The van der Waals surface area contributed by atoms with Crippen LogP contribution in [0.15, 0.2) is 71.3 Å². The van der Waals surface area contributed by atoms with Gasteiger partial charge in [0.25, 0.3) is 5.91 Å². The van der Waals surface area contributed by atoms with Gasteiger partial charge in [0.2, 0.25) is 0 Å². The summed E-state index contributed by atoms with van der Waals surface area (Å²) in [6.45, 7) is 2.84. The molecule has 0 bridgehead atoms. The van der Waals surface area contributed by atoms with Crippen molar-refractivity contribution in [2.24, 2.45) is 0 Å². The van der Waals surface area contributed by atoms with Crippen LogP contribution >= 0.6 is 0 Å². The first-order valence-electron chi connectivity index (χ1n) is 7.74. The third-order valence-corrected chi connectivity index (χ3v) is 3.80. The van der Waals surface area contributed by atoms with Crippen molar-refractivity contribution in [3.63, 3.8) is 0 Å². The van der Waals surface area contributed by atoms with Crippen molar-refractivity contribution in [2.75, 3.05) is 0 Å². The van der Waals surface area contributed by atoms with E-state index in [2.05, 4.69) is 0 Å². The smallest absolute Gasteiger partial charge is 0.254 e. The fourth-order valence-electron chi connectivity index (χ4n) is 2.48. The molecule has 3 rings (SSSR count). The Bertz CT molecular complexity index is 793. The molecule has 0 saturated heterocycles. The normalized spacial score (nSPS) is 10.6. The van der Waals surface area contributed by atoms with Gasteiger partial charge in [-0.2, -0.15) is 0 Å². The summed E-state index contributed by atoms with van der Waals surface area (Å²) >= 11 is 0. The number of hydrogen-bond donors (Lipinski definition) is 0. The number of amides is 1. The van der Waals surface area contributed by atoms with Gasteiger partial charge in [-0.1, -0.05) is 29.8 Å². The van der Waals surface area contributed by atoms with Crippen molar-refractivity contribution >= 4 is 5.91 Å². The number of nitrogens with zero attached hydrogens (tertiary/aromatic N) is 1. The third kappa shape index (κ3) is 3.90. The largest absolute Gasteiger partial charge is 0.467 e. The minimum Gasteiger partial charge on any atom is -0.467 e. The van der Waals surface area contributed by atoms with Gasteiger partial charge in [-0.25, -0.2) is 4.39 Å². The SMILES string of the molecule is Cc1ccc(CN(Cc2ccco2)C(=O)c2ccc(F)cc2)cc1. The zero-order chi connectivity index (χ0) is 16.9. The zero-order valence-electron chi connectivity index (χ0n) is 13.4. The van der Waals surface area contributed by atoms with Crippen LogP contribution in [-0.4, -0.2) is 10.8 Å². The Labute approximate surface area is 140 Å². The summed E-state index contributed by atoms with van der Waals surface area (Å²) in [6.07, 6.45) is 1.59. The number of furan rings is 1. The predicted octanol–water partition coefficient (Wildman–Crippen LogP) is 4.57. The molecule has 122 valence electrons. The molecule has 0 atom stereocenters. The van der Waals surface area contributed by atoms with E-state index < -0.39 is 0 Å². The number of rotatable bonds is 5. The highest BCUT2D eigenvalue weighted by Crippen LogP contribution is 2.15. The van der Waals surface area contributed by atoms with E-state index in [1.165, 1.54) is 29.8 Å². The summed E-state index contributed by atoms with van der Waals surface area (Å²) in [5, 5.41) is 0. The van der Waals surface area contributed by atoms with Crippen LogP contribution in [0, 0.1) is 12.7 Å². The lowest BCUT2D eigenvalue weighted by Gasteiger charge is -2.22. The van der Waals surface area contributed by atoms with Crippen LogP contribution in [-0.2, 0) is 13.1 Å². The second kappa shape index (κ2) is 7.13. The van der Waals surface area contributed by atoms with Gasteiger partial charge in [-0.05, 0) is 48.9 Å². The highest BCUT2D eigenvalue weighted by atomic mass is 19.1. The zero-order valence-corrected chi connectivity index (χ0v) is 13.4. The van der Waals surface area contributed by atoms with E-state index in [-0.39, 0.29) is 11.7 Å². The van der Waals surface area contributed by atoms with Gasteiger partial charge < -0.3 is 9.32 Å². The van der Waals surface area contributed by atoms with Gasteiger partial charge in [-0.3, -0.25) is 4.79 Å². The van der Waals surface area contributed by atoms with Crippen LogP contribution in [0.3, 0.4) is 0 Å². The molecule has 0 N–H and O–H groups in total. The van der Waals surface area contributed by atoms with Gasteiger partial charge in [0.15, 0.2) is 0 Å². The van der Waals surface area contributed by atoms with Crippen LogP contribution in [0.4, 0.5) is 4.39 Å². The summed E-state index contributed by atoms with van der Waals surface area (Å²) in [5.74, 6) is 0.187. The van der Waals surface area contributed by atoms with Gasteiger partial charge in [-0.15, -0.1) is 0 Å². The molecule has 4 heteroatoms. The number of carbonyl (C=O) groups is 1. The Hall–Kier alpha value is -2.88. The summed E-state index contributed by atoms with van der Waals surface area (Å²) < 4.78 is 18.5. The van der Waals surface area contributed by atoms with Crippen molar-refractivity contribution < 1.29 is 13.6 Å². The van der Waals surface area contributed by atoms with Gasteiger partial charge in [0, 0.05) is 12.1 Å². The lowest BCUT2D eigenvalue weighted by Crippen LogP contribution is -2.30. The van der Waals surface area contributed by atoms with E-state index in [1.54, 1.807) is 17.2 Å². The Morgan fingerprint density at radius 3 is 2.33 bits per heavy atom. The molecule has 0 fully saturated rings. The average molecular weight is 323 g/mol. The van der Waals surface area contributed by atoms with E-state index in [1.807, 2.05) is 37.3 Å². The summed E-state index contributed by atoms with van der Waals surface area (Å²) in [6, 6.07) is 17.3. The third-order valence-electron chi connectivity index (χ3n) is 3.80.